The lowest BCUT2D eigenvalue weighted by Crippen LogP contribution is -2.19. The topological polar surface area (TPSA) is 21.7 Å². The van der Waals surface area contributed by atoms with Crippen molar-refractivity contribution in [2.75, 3.05) is 34.4 Å². The molecule has 0 spiro atoms. The number of hydrogen-bond acceptors (Lipinski definition) is 3. The van der Waals surface area contributed by atoms with Gasteiger partial charge in [-0.2, -0.15) is 0 Å². The van der Waals surface area contributed by atoms with Crippen molar-refractivity contribution in [2.24, 2.45) is 0 Å². The quantitative estimate of drug-likeness (QED) is 0.788. The van der Waals surface area contributed by atoms with Crippen molar-refractivity contribution < 1.29 is 9.47 Å². The Kier molecular flexibility index (Phi) is 8.24. The highest BCUT2D eigenvalue weighted by atomic mass is 16.5. The summed E-state index contributed by atoms with van der Waals surface area (Å²) >= 11 is 0. The predicted molar refractivity (Wildman–Crippen MR) is 73.1 cm³/mol. The molecular formula is C14H25NO2. The number of benzene rings is 1. The summed E-state index contributed by atoms with van der Waals surface area (Å²) in [5, 5.41) is 0. The Hall–Kier alpha value is -1.22. The fraction of sp³-hybridized carbons (Fsp3) is 0.571. The highest BCUT2D eigenvalue weighted by molar-refractivity contribution is 5.42. The van der Waals surface area contributed by atoms with Crippen LogP contribution in [0.4, 0.5) is 0 Å². The molecule has 0 radical (unpaired) electrons. The van der Waals surface area contributed by atoms with Gasteiger partial charge in [0.1, 0.15) is 6.61 Å². The Balaban J connectivity index is 0.00000121. The van der Waals surface area contributed by atoms with Gasteiger partial charge in [0.2, 0.25) is 0 Å². The first kappa shape index (κ1) is 15.8. The maximum Gasteiger partial charge on any atom is 0.161 e. The predicted octanol–water partition coefficient (Wildman–Crippen LogP) is 2.97. The smallest absolute Gasteiger partial charge is 0.161 e. The first-order valence-electron chi connectivity index (χ1n) is 6.05. The van der Waals surface area contributed by atoms with Crippen LogP contribution in [0.5, 0.6) is 11.5 Å². The molecule has 98 valence electrons. The van der Waals surface area contributed by atoms with E-state index >= 15 is 0 Å². The molecular weight excluding hydrogens is 214 g/mol. The van der Waals surface area contributed by atoms with Crippen molar-refractivity contribution in [2.45, 2.75) is 20.8 Å². The van der Waals surface area contributed by atoms with E-state index in [1.807, 2.05) is 53.1 Å². The molecule has 0 bridgehead atoms. The number of rotatable bonds is 5. The highest BCUT2D eigenvalue weighted by Gasteiger charge is 2.03. The molecule has 17 heavy (non-hydrogen) atoms. The molecule has 0 fully saturated rings. The van der Waals surface area contributed by atoms with Crippen LogP contribution in [-0.4, -0.2) is 39.3 Å². The minimum atomic E-state index is 0.673. The molecule has 1 rings (SSSR count). The van der Waals surface area contributed by atoms with Gasteiger partial charge in [0.25, 0.3) is 0 Å². The fourth-order valence-electron chi connectivity index (χ4n) is 1.23. The second kappa shape index (κ2) is 8.88. The molecule has 0 saturated carbocycles. The highest BCUT2D eigenvalue weighted by Crippen LogP contribution is 2.27. The van der Waals surface area contributed by atoms with Gasteiger partial charge in [0, 0.05) is 6.54 Å². The third kappa shape index (κ3) is 6.17. The molecule has 0 N–H and O–H groups in total. The summed E-state index contributed by atoms with van der Waals surface area (Å²) in [6.07, 6.45) is 0. The summed E-state index contributed by atoms with van der Waals surface area (Å²) in [4.78, 5) is 2.08. The molecule has 0 aliphatic rings. The summed E-state index contributed by atoms with van der Waals surface area (Å²) in [6, 6.07) is 5.95. The number of nitrogens with zero attached hydrogens (tertiary/aromatic N) is 1. The third-order valence-electron chi connectivity index (χ3n) is 2.12. The summed E-state index contributed by atoms with van der Waals surface area (Å²) in [5.41, 5.74) is 1.17. The van der Waals surface area contributed by atoms with Crippen molar-refractivity contribution >= 4 is 0 Å². The molecule has 1 aromatic rings. The van der Waals surface area contributed by atoms with Gasteiger partial charge < -0.3 is 14.4 Å². The van der Waals surface area contributed by atoms with E-state index in [-0.39, 0.29) is 0 Å². The minimum absolute atomic E-state index is 0.673. The maximum atomic E-state index is 5.63. The largest absolute Gasteiger partial charge is 0.493 e. The number of methoxy groups -OCH3 is 1. The fourth-order valence-corrected chi connectivity index (χ4v) is 1.23. The lowest BCUT2D eigenvalue weighted by Gasteiger charge is -2.13. The van der Waals surface area contributed by atoms with Gasteiger partial charge in [0.05, 0.1) is 7.11 Å². The minimum Gasteiger partial charge on any atom is -0.493 e. The van der Waals surface area contributed by atoms with Crippen LogP contribution in [0, 0.1) is 6.92 Å². The zero-order valence-electron chi connectivity index (χ0n) is 11.9. The number of aryl methyl sites for hydroxylation is 1. The Morgan fingerprint density at radius 1 is 1.12 bits per heavy atom. The Morgan fingerprint density at radius 2 is 1.76 bits per heavy atom. The Morgan fingerprint density at radius 3 is 2.29 bits per heavy atom. The maximum absolute atomic E-state index is 5.63. The third-order valence-corrected chi connectivity index (χ3v) is 2.12. The average Bonchev–Trinajstić information content (AvgIpc) is 2.33. The van der Waals surface area contributed by atoms with Crippen LogP contribution >= 0.6 is 0 Å². The Bertz CT molecular complexity index is 311. The Labute approximate surface area is 105 Å². The van der Waals surface area contributed by atoms with Crippen molar-refractivity contribution in [1.29, 1.82) is 0 Å². The van der Waals surface area contributed by atoms with Crippen molar-refractivity contribution in [3.63, 3.8) is 0 Å². The standard InChI is InChI=1S/C12H19NO2.C2H6/c1-10-5-6-11(12(9-10)14-4)15-8-7-13(2)3;1-2/h5-6,9H,7-8H2,1-4H3;1-2H3. The zero-order chi connectivity index (χ0) is 13.3. The van der Waals surface area contributed by atoms with E-state index in [1.165, 1.54) is 5.56 Å². The van der Waals surface area contributed by atoms with Crippen molar-refractivity contribution in [3.05, 3.63) is 23.8 Å². The van der Waals surface area contributed by atoms with E-state index < -0.39 is 0 Å². The van der Waals surface area contributed by atoms with Crippen LogP contribution in [0.3, 0.4) is 0 Å². The van der Waals surface area contributed by atoms with Crippen LogP contribution in [0.15, 0.2) is 18.2 Å². The number of hydrogen-bond donors (Lipinski definition) is 0. The van der Waals surface area contributed by atoms with Gasteiger partial charge >= 0.3 is 0 Å². The molecule has 3 heteroatoms. The summed E-state index contributed by atoms with van der Waals surface area (Å²) in [7, 11) is 5.71. The van der Waals surface area contributed by atoms with Crippen LogP contribution < -0.4 is 9.47 Å². The molecule has 0 aromatic heterocycles. The van der Waals surface area contributed by atoms with Gasteiger partial charge in [-0.15, -0.1) is 0 Å². The van der Waals surface area contributed by atoms with Gasteiger partial charge in [-0.05, 0) is 38.7 Å². The molecule has 1 aromatic carbocycles. The van der Waals surface area contributed by atoms with Gasteiger partial charge in [-0.3, -0.25) is 0 Å². The normalized spacial score (nSPS) is 9.59. The molecule has 3 nitrogen and oxygen atoms in total. The van der Waals surface area contributed by atoms with Gasteiger partial charge in [0.15, 0.2) is 11.5 Å². The van der Waals surface area contributed by atoms with Crippen LogP contribution in [0.2, 0.25) is 0 Å². The summed E-state index contributed by atoms with van der Waals surface area (Å²) < 4.78 is 10.9. The van der Waals surface area contributed by atoms with Crippen LogP contribution in [0.1, 0.15) is 19.4 Å². The van der Waals surface area contributed by atoms with Crippen LogP contribution in [0.25, 0.3) is 0 Å². The first-order chi connectivity index (χ1) is 8.13. The lowest BCUT2D eigenvalue weighted by atomic mass is 10.2. The lowest BCUT2D eigenvalue weighted by molar-refractivity contribution is 0.250. The van der Waals surface area contributed by atoms with E-state index in [4.69, 9.17) is 9.47 Å². The van der Waals surface area contributed by atoms with E-state index in [0.29, 0.717) is 6.61 Å². The molecule has 0 amide bonds. The molecule has 0 saturated heterocycles. The molecule has 0 unspecified atom stereocenters. The van der Waals surface area contributed by atoms with Gasteiger partial charge in [-0.1, -0.05) is 19.9 Å². The van der Waals surface area contributed by atoms with E-state index in [0.717, 1.165) is 18.0 Å². The molecule has 0 heterocycles. The second-order valence-electron chi connectivity index (χ2n) is 3.81. The second-order valence-corrected chi connectivity index (χ2v) is 3.81. The van der Waals surface area contributed by atoms with Crippen molar-refractivity contribution in [1.82, 2.24) is 4.90 Å². The van der Waals surface area contributed by atoms with Gasteiger partial charge in [-0.25, -0.2) is 0 Å². The summed E-state index contributed by atoms with van der Waals surface area (Å²) in [5.74, 6) is 1.61. The van der Waals surface area contributed by atoms with E-state index in [1.54, 1.807) is 7.11 Å². The number of likely N-dealkylation sites (N-methyl/N-ethyl adjacent to an activating group) is 1. The summed E-state index contributed by atoms with van der Waals surface area (Å²) in [6.45, 7) is 7.61. The average molecular weight is 239 g/mol. The molecule has 0 aliphatic carbocycles. The molecule has 0 aliphatic heterocycles. The molecule has 0 atom stereocenters. The van der Waals surface area contributed by atoms with E-state index in [2.05, 4.69) is 4.90 Å². The monoisotopic (exact) mass is 239 g/mol. The zero-order valence-corrected chi connectivity index (χ0v) is 11.9. The number of ether oxygens (including phenoxy) is 2. The van der Waals surface area contributed by atoms with Crippen LogP contribution in [-0.2, 0) is 0 Å². The van der Waals surface area contributed by atoms with E-state index in [9.17, 15) is 0 Å². The first-order valence-corrected chi connectivity index (χ1v) is 6.05. The van der Waals surface area contributed by atoms with Crippen molar-refractivity contribution in [3.8, 4) is 11.5 Å². The SMILES string of the molecule is CC.COc1cc(C)ccc1OCCN(C)C.